The Bertz CT molecular complexity index is 421. The van der Waals surface area contributed by atoms with Gasteiger partial charge in [-0.1, -0.05) is 11.6 Å². The molecule has 0 atom stereocenters. The summed E-state index contributed by atoms with van der Waals surface area (Å²) >= 11 is 5.80. The number of hydrogen-bond acceptors (Lipinski definition) is 4. The zero-order chi connectivity index (χ0) is 12.1. The van der Waals surface area contributed by atoms with Gasteiger partial charge in [-0.25, -0.2) is 4.79 Å². The fourth-order valence-electron chi connectivity index (χ4n) is 1.08. The van der Waals surface area contributed by atoms with E-state index in [4.69, 9.17) is 17.3 Å². The van der Waals surface area contributed by atoms with Gasteiger partial charge in [0.1, 0.15) is 0 Å². The first-order chi connectivity index (χ1) is 7.58. The molecule has 0 unspecified atom stereocenters. The fourth-order valence-corrected chi connectivity index (χ4v) is 1.28. The predicted octanol–water partition coefficient (Wildman–Crippen LogP) is 1.02. The highest BCUT2D eigenvalue weighted by Crippen LogP contribution is 2.21. The number of benzene rings is 1. The number of esters is 1. The molecule has 0 spiro atoms. The molecule has 0 heterocycles. The number of amides is 1. The molecule has 0 saturated carbocycles. The number of halogens is 1. The molecule has 16 heavy (non-hydrogen) atoms. The quantitative estimate of drug-likeness (QED) is 0.776. The van der Waals surface area contributed by atoms with Crippen LogP contribution < -0.4 is 11.1 Å². The van der Waals surface area contributed by atoms with Gasteiger partial charge in [-0.3, -0.25) is 4.79 Å². The van der Waals surface area contributed by atoms with Crippen molar-refractivity contribution in [2.75, 3.05) is 19.0 Å². The number of hydrogen-bond donors (Lipinski definition) is 2. The summed E-state index contributed by atoms with van der Waals surface area (Å²) in [6, 6.07) is 4.50. The van der Waals surface area contributed by atoms with E-state index in [1.807, 2.05) is 0 Å². The van der Waals surface area contributed by atoms with Crippen LogP contribution in [0.2, 0.25) is 5.02 Å². The Labute approximate surface area is 97.5 Å². The molecule has 1 aromatic rings. The first-order valence-corrected chi connectivity index (χ1v) is 4.84. The Morgan fingerprint density at radius 2 is 2.19 bits per heavy atom. The van der Waals surface area contributed by atoms with Crippen LogP contribution in [0.3, 0.4) is 0 Å². The van der Waals surface area contributed by atoms with Crippen molar-refractivity contribution in [3.63, 3.8) is 0 Å². The SMILES string of the molecule is COC(=O)c1cc(NC(=O)CN)ccc1Cl. The van der Waals surface area contributed by atoms with Crippen molar-refractivity contribution in [3.05, 3.63) is 28.8 Å². The van der Waals surface area contributed by atoms with E-state index in [9.17, 15) is 9.59 Å². The van der Waals surface area contributed by atoms with E-state index in [0.29, 0.717) is 5.69 Å². The van der Waals surface area contributed by atoms with Gasteiger partial charge in [0.05, 0.1) is 24.2 Å². The number of rotatable bonds is 3. The summed E-state index contributed by atoms with van der Waals surface area (Å²) in [7, 11) is 1.25. The highest BCUT2D eigenvalue weighted by atomic mass is 35.5. The molecule has 1 amide bonds. The topological polar surface area (TPSA) is 81.4 Å². The highest BCUT2D eigenvalue weighted by Gasteiger charge is 2.11. The number of nitrogens with one attached hydrogen (secondary N) is 1. The number of carbonyl (C=O) groups is 2. The maximum atomic E-state index is 11.3. The maximum Gasteiger partial charge on any atom is 0.339 e. The van der Waals surface area contributed by atoms with Crippen LogP contribution in [0, 0.1) is 0 Å². The Kier molecular flexibility index (Phi) is 4.28. The van der Waals surface area contributed by atoms with Gasteiger partial charge >= 0.3 is 5.97 Å². The van der Waals surface area contributed by atoms with E-state index >= 15 is 0 Å². The number of methoxy groups -OCH3 is 1. The van der Waals surface area contributed by atoms with Crippen LogP contribution in [-0.4, -0.2) is 25.5 Å². The van der Waals surface area contributed by atoms with Gasteiger partial charge in [-0.05, 0) is 18.2 Å². The Morgan fingerprint density at radius 3 is 2.75 bits per heavy atom. The molecule has 86 valence electrons. The lowest BCUT2D eigenvalue weighted by Crippen LogP contribution is -2.22. The summed E-state index contributed by atoms with van der Waals surface area (Å²) in [4.78, 5) is 22.3. The summed E-state index contributed by atoms with van der Waals surface area (Å²) in [6.07, 6.45) is 0. The second-order valence-corrected chi connectivity index (χ2v) is 3.35. The van der Waals surface area contributed by atoms with Crippen LogP contribution in [0.15, 0.2) is 18.2 Å². The number of nitrogens with two attached hydrogens (primary N) is 1. The molecule has 0 aliphatic rings. The standard InChI is InChI=1S/C10H11ClN2O3/c1-16-10(15)7-4-6(2-3-8(7)11)13-9(14)5-12/h2-4H,5,12H2,1H3,(H,13,14). The molecule has 0 radical (unpaired) electrons. The van der Waals surface area contributed by atoms with Gasteiger partial charge in [0, 0.05) is 5.69 Å². The molecule has 0 aliphatic carbocycles. The highest BCUT2D eigenvalue weighted by molar-refractivity contribution is 6.33. The minimum atomic E-state index is -0.561. The zero-order valence-corrected chi connectivity index (χ0v) is 9.38. The lowest BCUT2D eigenvalue weighted by Gasteiger charge is -2.07. The Hall–Kier alpha value is -1.59. The minimum absolute atomic E-state index is 0.129. The van der Waals surface area contributed by atoms with Crippen molar-refractivity contribution in [3.8, 4) is 0 Å². The molecule has 0 aromatic heterocycles. The molecule has 1 rings (SSSR count). The van der Waals surface area contributed by atoms with Crippen molar-refractivity contribution in [2.24, 2.45) is 5.73 Å². The molecule has 1 aromatic carbocycles. The van der Waals surface area contributed by atoms with Crippen LogP contribution in [0.1, 0.15) is 10.4 Å². The molecule has 3 N–H and O–H groups in total. The van der Waals surface area contributed by atoms with E-state index in [0.717, 1.165) is 0 Å². The Balaban J connectivity index is 2.98. The molecular weight excluding hydrogens is 232 g/mol. The molecule has 0 aliphatic heterocycles. The number of carbonyl (C=O) groups excluding carboxylic acids is 2. The Morgan fingerprint density at radius 1 is 1.50 bits per heavy atom. The van der Waals surface area contributed by atoms with E-state index in [2.05, 4.69) is 10.1 Å². The van der Waals surface area contributed by atoms with Crippen LogP contribution in [0.4, 0.5) is 5.69 Å². The molecule has 0 saturated heterocycles. The first kappa shape index (κ1) is 12.5. The summed E-state index contributed by atoms with van der Waals surface area (Å²) in [5.41, 5.74) is 5.78. The second kappa shape index (κ2) is 5.48. The average molecular weight is 243 g/mol. The fraction of sp³-hybridized carbons (Fsp3) is 0.200. The zero-order valence-electron chi connectivity index (χ0n) is 8.62. The van der Waals surface area contributed by atoms with Gasteiger partial charge in [-0.15, -0.1) is 0 Å². The molecule has 5 nitrogen and oxygen atoms in total. The molecule has 0 bridgehead atoms. The van der Waals surface area contributed by atoms with Gasteiger partial charge in [-0.2, -0.15) is 0 Å². The maximum absolute atomic E-state index is 11.3. The normalized spacial score (nSPS) is 9.69. The van der Waals surface area contributed by atoms with Gasteiger partial charge in [0.2, 0.25) is 5.91 Å². The van der Waals surface area contributed by atoms with Crippen LogP contribution >= 0.6 is 11.6 Å². The van der Waals surface area contributed by atoms with Crippen LogP contribution in [-0.2, 0) is 9.53 Å². The lowest BCUT2D eigenvalue weighted by atomic mass is 10.2. The van der Waals surface area contributed by atoms with Gasteiger partial charge in [0.25, 0.3) is 0 Å². The van der Waals surface area contributed by atoms with Crippen LogP contribution in [0.5, 0.6) is 0 Å². The second-order valence-electron chi connectivity index (χ2n) is 2.94. The van der Waals surface area contributed by atoms with Crippen molar-refractivity contribution in [1.29, 1.82) is 0 Å². The van der Waals surface area contributed by atoms with E-state index < -0.39 is 5.97 Å². The molecular formula is C10H11ClN2O3. The summed E-state index contributed by atoms with van der Waals surface area (Å²) in [5, 5.41) is 2.77. The van der Waals surface area contributed by atoms with Gasteiger partial charge in [0.15, 0.2) is 0 Å². The average Bonchev–Trinajstić information content (AvgIpc) is 2.30. The largest absolute Gasteiger partial charge is 0.465 e. The van der Waals surface area contributed by atoms with E-state index in [1.165, 1.54) is 19.2 Å². The third-order valence-electron chi connectivity index (χ3n) is 1.84. The van der Waals surface area contributed by atoms with Crippen molar-refractivity contribution < 1.29 is 14.3 Å². The van der Waals surface area contributed by atoms with E-state index in [1.54, 1.807) is 6.07 Å². The van der Waals surface area contributed by atoms with Crippen LogP contribution in [0.25, 0.3) is 0 Å². The lowest BCUT2D eigenvalue weighted by molar-refractivity contribution is -0.114. The number of ether oxygens (including phenoxy) is 1. The monoisotopic (exact) mass is 242 g/mol. The predicted molar refractivity (Wildman–Crippen MR) is 60.5 cm³/mol. The first-order valence-electron chi connectivity index (χ1n) is 4.46. The molecule has 6 heteroatoms. The third kappa shape index (κ3) is 2.95. The van der Waals surface area contributed by atoms with Crippen molar-refractivity contribution in [1.82, 2.24) is 0 Å². The van der Waals surface area contributed by atoms with Gasteiger partial charge < -0.3 is 15.8 Å². The number of anilines is 1. The summed E-state index contributed by atoms with van der Waals surface area (Å²) < 4.78 is 4.54. The molecule has 0 fully saturated rings. The van der Waals surface area contributed by atoms with E-state index in [-0.39, 0.29) is 23.0 Å². The third-order valence-corrected chi connectivity index (χ3v) is 2.17. The smallest absolute Gasteiger partial charge is 0.339 e. The van der Waals surface area contributed by atoms with Crippen molar-refractivity contribution >= 4 is 29.2 Å². The summed E-state index contributed by atoms with van der Waals surface area (Å²) in [5.74, 6) is -0.910. The minimum Gasteiger partial charge on any atom is -0.465 e. The van der Waals surface area contributed by atoms with Crippen molar-refractivity contribution in [2.45, 2.75) is 0 Å². The summed E-state index contributed by atoms with van der Waals surface area (Å²) in [6.45, 7) is -0.129.